The molecule has 5 heteroatoms. The Morgan fingerprint density at radius 2 is 1.71 bits per heavy atom. The summed E-state index contributed by atoms with van der Waals surface area (Å²) >= 11 is 6.16. The molecule has 1 heterocycles. The van der Waals surface area contributed by atoms with Crippen LogP contribution in [0.15, 0.2) is 42.5 Å². The highest BCUT2D eigenvalue weighted by Gasteiger charge is 2.27. The van der Waals surface area contributed by atoms with E-state index < -0.39 is 6.10 Å². The molecule has 1 aliphatic rings. The van der Waals surface area contributed by atoms with Crippen LogP contribution in [0.4, 0.5) is 5.69 Å². The molecule has 1 unspecified atom stereocenters. The van der Waals surface area contributed by atoms with Gasteiger partial charge in [-0.1, -0.05) is 49.7 Å². The Labute approximate surface area is 173 Å². The fraction of sp³-hybridized carbons (Fsp3) is 0.435. The van der Waals surface area contributed by atoms with Gasteiger partial charge in [-0.3, -0.25) is 4.79 Å². The maximum Gasteiger partial charge on any atom is 0.263 e. The first-order valence-electron chi connectivity index (χ1n) is 9.92. The molecule has 1 atom stereocenters. The van der Waals surface area contributed by atoms with Crippen LogP contribution in [0, 0.1) is 6.92 Å². The van der Waals surface area contributed by atoms with E-state index in [1.54, 1.807) is 0 Å². The maximum atomic E-state index is 12.9. The maximum absolute atomic E-state index is 12.9. The summed E-state index contributed by atoms with van der Waals surface area (Å²) in [5.41, 5.74) is 3.48. The zero-order valence-corrected chi connectivity index (χ0v) is 17.9. The van der Waals surface area contributed by atoms with Crippen LogP contribution in [0.25, 0.3) is 0 Å². The van der Waals surface area contributed by atoms with Crippen molar-refractivity contribution in [3.05, 3.63) is 58.6 Å². The fourth-order valence-electron chi connectivity index (χ4n) is 3.65. The zero-order chi connectivity index (χ0) is 20.3. The lowest BCUT2D eigenvalue weighted by Crippen LogP contribution is -2.52. The molecule has 28 heavy (non-hydrogen) atoms. The van der Waals surface area contributed by atoms with E-state index in [9.17, 15) is 4.79 Å². The van der Waals surface area contributed by atoms with Gasteiger partial charge in [0.2, 0.25) is 0 Å². The van der Waals surface area contributed by atoms with Crippen LogP contribution >= 0.6 is 11.6 Å². The third-order valence-electron chi connectivity index (χ3n) is 5.30. The number of hydrogen-bond acceptors (Lipinski definition) is 3. The molecule has 2 aromatic carbocycles. The molecule has 1 saturated heterocycles. The summed E-state index contributed by atoms with van der Waals surface area (Å²) in [6, 6.07) is 13.9. The predicted molar refractivity (Wildman–Crippen MR) is 116 cm³/mol. The second-order valence-corrected chi connectivity index (χ2v) is 8.13. The van der Waals surface area contributed by atoms with Gasteiger partial charge in [0.25, 0.3) is 5.91 Å². The Morgan fingerprint density at radius 1 is 1.04 bits per heavy atom. The minimum Gasteiger partial charge on any atom is -0.481 e. The second-order valence-electron chi connectivity index (χ2n) is 7.70. The van der Waals surface area contributed by atoms with Gasteiger partial charge in [-0.05, 0) is 49.1 Å². The number of piperazine rings is 1. The molecular formula is C23H29ClN2O2. The van der Waals surface area contributed by atoms with Crippen molar-refractivity contribution in [2.75, 3.05) is 31.1 Å². The van der Waals surface area contributed by atoms with Gasteiger partial charge >= 0.3 is 0 Å². The number of carbonyl (C=O) groups excluding carboxylic acids is 1. The van der Waals surface area contributed by atoms with E-state index in [0.29, 0.717) is 19.0 Å². The van der Waals surface area contributed by atoms with E-state index in [4.69, 9.17) is 16.3 Å². The summed E-state index contributed by atoms with van der Waals surface area (Å²) in [5, 5.41) is 0.741. The quantitative estimate of drug-likeness (QED) is 0.716. The number of aryl methyl sites for hydroxylation is 1. The van der Waals surface area contributed by atoms with Gasteiger partial charge in [-0.15, -0.1) is 0 Å². The summed E-state index contributed by atoms with van der Waals surface area (Å²) in [5.74, 6) is 1.19. The molecule has 1 fully saturated rings. The largest absolute Gasteiger partial charge is 0.481 e. The first-order chi connectivity index (χ1) is 13.4. The van der Waals surface area contributed by atoms with Crippen molar-refractivity contribution >= 4 is 23.2 Å². The van der Waals surface area contributed by atoms with E-state index in [-0.39, 0.29) is 5.91 Å². The average molecular weight is 401 g/mol. The van der Waals surface area contributed by atoms with Crippen molar-refractivity contribution < 1.29 is 9.53 Å². The molecular weight excluding hydrogens is 372 g/mol. The minimum absolute atomic E-state index is 0.0426. The average Bonchev–Trinajstić information content (AvgIpc) is 2.69. The Bertz CT molecular complexity index is 829. The molecule has 0 aromatic heterocycles. The number of rotatable bonds is 5. The highest BCUT2D eigenvalue weighted by atomic mass is 35.5. The molecule has 0 saturated carbocycles. The van der Waals surface area contributed by atoms with Crippen LogP contribution in [-0.2, 0) is 4.79 Å². The van der Waals surface area contributed by atoms with Crippen LogP contribution < -0.4 is 9.64 Å². The third kappa shape index (κ3) is 4.61. The van der Waals surface area contributed by atoms with Crippen molar-refractivity contribution in [2.24, 2.45) is 0 Å². The van der Waals surface area contributed by atoms with Crippen molar-refractivity contribution in [1.29, 1.82) is 0 Å². The molecule has 0 N–H and O–H groups in total. The molecule has 0 radical (unpaired) electrons. The first-order valence-corrected chi connectivity index (χ1v) is 10.3. The van der Waals surface area contributed by atoms with Crippen LogP contribution in [0.2, 0.25) is 5.02 Å². The fourth-order valence-corrected chi connectivity index (χ4v) is 3.82. The summed E-state index contributed by atoms with van der Waals surface area (Å²) in [6.45, 7) is 11.1. The van der Waals surface area contributed by atoms with Gasteiger partial charge in [0.15, 0.2) is 6.10 Å². The van der Waals surface area contributed by atoms with Gasteiger partial charge < -0.3 is 14.5 Å². The topological polar surface area (TPSA) is 32.8 Å². The van der Waals surface area contributed by atoms with Crippen LogP contribution in [0.5, 0.6) is 5.75 Å². The number of anilines is 1. The lowest BCUT2D eigenvalue weighted by Gasteiger charge is -2.37. The van der Waals surface area contributed by atoms with E-state index >= 15 is 0 Å². The molecule has 1 aliphatic heterocycles. The normalized spacial score (nSPS) is 15.6. The van der Waals surface area contributed by atoms with Gasteiger partial charge in [0.1, 0.15) is 5.75 Å². The Balaban J connectivity index is 1.61. The summed E-state index contributed by atoms with van der Waals surface area (Å²) in [6.07, 6.45) is -0.501. The molecule has 0 aliphatic carbocycles. The molecule has 150 valence electrons. The summed E-state index contributed by atoms with van der Waals surface area (Å²) in [4.78, 5) is 17.1. The SMILES string of the molecule is Cc1ccc(Cl)cc1N1CCN(C(=O)C(C)Oc2ccccc2C(C)C)CC1. The van der Waals surface area contributed by atoms with Gasteiger partial charge in [-0.25, -0.2) is 0 Å². The molecule has 2 aromatic rings. The van der Waals surface area contributed by atoms with Crippen molar-refractivity contribution in [2.45, 2.75) is 39.7 Å². The smallest absolute Gasteiger partial charge is 0.263 e. The number of halogens is 1. The van der Waals surface area contributed by atoms with Crippen molar-refractivity contribution in [3.63, 3.8) is 0 Å². The molecule has 0 bridgehead atoms. The van der Waals surface area contributed by atoms with Crippen molar-refractivity contribution in [3.8, 4) is 5.75 Å². The van der Waals surface area contributed by atoms with Gasteiger partial charge in [0.05, 0.1) is 0 Å². The number of carbonyl (C=O) groups is 1. The third-order valence-corrected chi connectivity index (χ3v) is 5.53. The molecule has 1 amide bonds. The van der Waals surface area contributed by atoms with E-state index in [2.05, 4.69) is 31.7 Å². The van der Waals surface area contributed by atoms with Crippen LogP contribution in [0.3, 0.4) is 0 Å². The number of benzene rings is 2. The monoisotopic (exact) mass is 400 g/mol. The number of ether oxygens (including phenoxy) is 1. The second kappa shape index (κ2) is 8.87. The summed E-state index contributed by atoms with van der Waals surface area (Å²) in [7, 11) is 0. The number of hydrogen-bond donors (Lipinski definition) is 0. The number of para-hydroxylation sites is 1. The van der Waals surface area contributed by atoms with E-state index in [1.807, 2.05) is 48.2 Å². The number of amides is 1. The Morgan fingerprint density at radius 3 is 2.39 bits per heavy atom. The van der Waals surface area contributed by atoms with Crippen LogP contribution in [-0.4, -0.2) is 43.1 Å². The van der Waals surface area contributed by atoms with Gasteiger partial charge in [-0.2, -0.15) is 0 Å². The van der Waals surface area contributed by atoms with E-state index in [1.165, 1.54) is 5.56 Å². The highest BCUT2D eigenvalue weighted by molar-refractivity contribution is 6.30. The first kappa shape index (κ1) is 20.5. The minimum atomic E-state index is -0.501. The lowest BCUT2D eigenvalue weighted by molar-refractivity contribution is -0.138. The van der Waals surface area contributed by atoms with E-state index in [0.717, 1.165) is 35.1 Å². The lowest BCUT2D eigenvalue weighted by atomic mass is 10.0. The summed E-state index contributed by atoms with van der Waals surface area (Å²) < 4.78 is 6.05. The predicted octanol–water partition coefficient (Wildman–Crippen LogP) is 4.89. The highest BCUT2D eigenvalue weighted by Crippen LogP contribution is 2.28. The zero-order valence-electron chi connectivity index (χ0n) is 17.1. The number of nitrogens with zero attached hydrogens (tertiary/aromatic N) is 2. The molecule has 0 spiro atoms. The Kier molecular flexibility index (Phi) is 6.50. The molecule has 4 nitrogen and oxygen atoms in total. The Hall–Kier alpha value is -2.20. The standard InChI is InChI=1S/C23H29ClN2O2/c1-16(2)20-7-5-6-8-22(20)28-18(4)23(27)26-13-11-25(12-14-26)21-15-19(24)10-9-17(21)3/h5-10,15-16,18H,11-14H2,1-4H3. The molecule has 3 rings (SSSR count). The van der Waals surface area contributed by atoms with Crippen molar-refractivity contribution in [1.82, 2.24) is 4.90 Å². The van der Waals surface area contributed by atoms with Crippen LogP contribution in [0.1, 0.15) is 37.8 Å². The van der Waals surface area contributed by atoms with Gasteiger partial charge in [0, 0.05) is 36.9 Å².